The Kier molecular flexibility index (Phi) is 3.97. The maximum Gasteiger partial charge on any atom is 0.573 e. The van der Waals surface area contributed by atoms with Crippen molar-refractivity contribution in [1.82, 2.24) is 0 Å². The SMILES string of the molecule is C[C@]1(c2cccc(OC(F)(F)F)c2F)CCC[C@H](O)C1=O. The van der Waals surface area contributed by atoms with Crippen LogP contribution in [0.5, 0.6) is 5.75 Å². The third kappa shape index (κ3) is 3.02. The van der Waals surface area contributed by atoms with E-state index in [2.05, 4.69) is 4.74 Å². The number of rotatable bonds is 2. The number of alkyl halides is 3. The summed E-state index contributed by atoms with van der Waals surface area (Å²) in [6, 6.07) is 3.28. The molecule has 21 heavy (non-hydrogen) atoms. The van der Waals surface area contributed by atoms with Gasteiger partial charge in [0.25, 0.3) is 0 Å². The average Bonchev–Trinajstić information content (AvgIpc) is 2.37. The lowest BCUT2D eigenvalue weighted by molar-refractivity contribution is -0.275. The number of carbonyl (C=O) groups excluding carboxylic acids is 1. The van der Waals surface area contributed by atoms with Crippen LogP contribution in [0.2, 0.25) is 0 Å². The molecule has 1 aliphatic rings. The third-order valence-electron chi connectivity index (χ3n) is 3.78. The molecule has 0 amide bonds. The highest BCUT2D eigenvalue weighted by atomic mass is 19.4. The molecule has 2 atom stereocenters. The topological polar surface area (TPSA) is 46.5 Å². The number of aliphatic hydroxyl groups excluding tert-OH is 1. The number of Topliss-reactive ketones (excluding diaryl/α,β-unsaturated/α-hetero) is 1. The van der Waals surface area contributed by atoms with E-state index in [1.807, 2.05) is 0 Å². The first-order valence-electron chi connectivity index (χ1n) is 6.42. The normalized spacial score (nSPS) is 26.8. The Morgan fingerprint density at radius 3 is 2.67 bits per heavy atom. The van der Waals surface area contributed by atoms with Gasteiger partial charge in [0.15, 0.2) is 17.3 Å². The summed E-state index contributed by atoms with van der Waals surface area (Å²) in [5, 5.41) is 9.64. The van der Waals surface area contributed by atoms with Gasteiger partial charge in [0, 0.05) is 5.56 Å². The van der Waals surface area contributed by atoms with Gasteiger partial charge < -0.3 is 9.84 Å². The number of aliphatic hydroxyl groups is 1. The molecular formula is C14H14F4O3. The Hall–Kier alpha value is -1.63. The van der Waals surface area contributed by atoms with Gasteiger partial charge in [0.05, 0.1) is 5.41 Å². The first-order valence-corrected chi connectivity index (χ1v) is 6.42. The van der Waals surface area contributed by atoms with Gasteiger partial charge in [0.2, 0.25) is 0 Å². The smallest absolute Gasteiger partial charge is 0.403 e. The lowest BCUT2D eigenvalue weighted by Gasteiger charge is -2.35. The van der Waals surface area contributed by atoms with Crippen LogP contribution in [0.4, 0.5) is 17.6 Å². The van der Waals surface area contributed by atoms with E-state index in [0.717, 1.165) is 6.07 Å². The minimum atomic E-state index is -5.02. The van der Waals surface area contributed by atoms with E-state index in [-0.39, 0.29) is 18.4 Å². The second-order valence-electron chi connectivity index (χ2n) is 5.27. The Morgan fingerprint density at radius 2 is 2.05 bits per heavy atom. The average molecular weight is 306 g/mol. The Balaban J connectivity index is 2.44. The van der Waals surface area contributed by atoms with E-state index in [1.54, 1.807) is 0 Å². The molecular weight excluding hydrogens is 292 g/mol. The summed E-state index contributed by atoms with van der Waals surface area (Å²) in [6.07, 6.45) is -5.23. The molecule has 0 aliphatic heterocycles. The van der Waals surface area contributed by atoms with Crippen molar-refractivity contribution in [1.29, 1.82) is 0 Å². The van der Waals surface area contributed by atoms with Crippen LogP contribution in [0.1, 0.15) is 31.7 Å². The molecule has 1 aliphatic carbocycles. The monoisotopic (exact) mass is 306 g/mol. The zero-order valence-corrected chi connectivity index (χ0v) is 11.2. The van der Waals surface area contributed by atoms with Gasteiger partial charge in [-0.05, 0) is 32.3 Å². The van der Waals surface area contributed by atoms with Crippen LogP contribution in [-0.2, 0) is 10.2 Å². The molecule has 1 aromatic carbocycles. The molecule has 3 nitrogen and oxygen atoms in total. The molecule has 1 fully saturated rings. The van der Waals surface area contributed by atoms with E-state index < -0.39 is 35.2 Å². The van der Waals surface area contributed by atoms with Crippen molar-refractivity contribution >= 4 is 5.78 Å². The summed E-state index contributed by atoms with van der Waals surface area (Å²) in [5.41, 5.74) is -1.54. The van der Waals surface area contributed by atoms with Crippen molar-refractivity contribution < 1.29 is 32.2 Å². The number of ketones is 1. The molecule has 0 bridgehead atoms. The van der Waals surface area contributed by atoms with Crippen LogP contribution in [0.3, 0.4) is 0 Å². The second-order valence-corrected chi connectivity index (χ2v) is 5.27. The van der Waals surface area contributed by atoms with Crippen molar-refractivity contribution in [2.75, 3.05) is 0 Å². The summed E-state index contributed by atoms with van der Waals surface area (Å²) < 4.78 is 54.6. The first kappa shape index (κ1) is 15.8. The molecule has 0 radical (unpaired) electrons. The number of hydrogen-bond donors (Lipinski definition) is 1. The fourth-order valence-electron chi connectivity index (χ4n) is 2.68. The Morgan fingerprint density at radius 1 is 1.38 bits per heavy atom. The van der Waals surface area contributed by atoms with Crippen LogP contribution >= 0.6 is 0 Å². The fraction of sp³-hybridized carbons (Fsp3) is 0.500. The minimum Gasteiger partial charge on any atom is -0.403 e. The van der Waals surface area contributed by atoms with Crippen molar-refractivity contribution in [2.45, 2.75) is 44.1 Å². The highest BCUT2D eigenvalue weighted by molar-refractivity contribution is 5.94. The van der Waals surface area contributed by atoms with Gasteiger partial charge in [0.1, 0.15) is 6.10 Å². The van der Waals surface area contributed by atoms with E-state index in [4.69, 9.17) is 0 Å². The van der Waals surface area contributed by atoms with Gasteiger partial charge in [-0.25, -0.2) is 4.39 Å². The number of hydrogen-bond acceptors (Lipinski definition) is 3. The van der Waals surface area contributed by atoms with Crippen LogP contribution in [0.15, 0.2) is 18.2 Å². The summed E-state index contributed by atoms with van der Waals surface area (Å²) in [5.74, 6) is -2.79. The van der Waals surface area contributed by atoms with Crippen LogP contribution in [0, 0.1) is 5.82 Å². The van der Waals surface area contributed by atoms with Crippen LogP contribution < -0.4 is 4.74 Å². The third-order valence-corrected chi connectivity index (χ3v) is 3.78. The summed E-state index contributed by atoms with van der Waals surface area (Å²) in [7, 11) is 0. The van der Waals surface area contributed by atoms with Gasteiger partial charge in [-0.2, -0.15) is 0 Å². The van der Waals surface area contributed by atoms with Crippen molar-refractivity contribution in [3.8, 4) is 5.75 Å². The molecule has 0 heterocycles. The fourth-order valence-corrected chi connectivity index (χ4v) is 2.68. The van der Waals surface area contributed by atoms with E-state index >= 15 is 0 Å². The molecule has 1 aromatic rings. The van der Waals surface area contributed by atoms with Crippen molar-refractivity contribution in [3.63, 3.8) is 0 Å². The first-order chi connectivity index (χ1) is 9.65. The highest BCUT2D eigenvalue weighted by Gasteiger charge is 2.44. The second kappa shape index (κ2) is 5.29. The molecule has 0 saturated heterocycles. The summed E-state index contributed by atoms with van der Waals surface area (Å²) in [6.45, 7) is 1.42. The van der Waals surface area contributed by atoms with Crippen LogP contribution in [-0.4, -0.2) is 23.4 Å². The van der Waals surface area contributed by atoms with Crippen molar-refractivity contribution in [3.05, 3.63) is 29.6 Å². The van der Waals surface area contributed by atoms with E-state index in [1.165, 1.54) is 19.1 Å². The number of benzene rings is 1. The maximum atomic E-state index is 14.3. The Bertz CT molecular complexity index is 556. The highest BCUT2D eigenvalue weighted by Crippen LogP contribution is 2.40. The molecule has 116 valence electrons. The maximum absolute atomic E-state index is 14.3. The lowest BCUT2D eigenvalue weighted by atomic mass is 9.68. The molecule has 0 spiro atoms. The minimum absolute atomic E-state index is 0.187. The predicted octanol–water partition coefficient (Wildman–Crippen LogP) is 3.10. The standard InChI is InChI=1S/C14H14F4O3/c1-13(7-3-5-9(19)12(13)20)8-4-2-6-10(11(8)15)21-14(16,17)18/h2,4,6,9,19H,3,5,7H2,1H3/t9-,13+/m0/s1. The van der Waals surface area contributed by atoms with Gasteiger partial charge in [-0.1, -0.05) is 12.1 Å². The summed E-state index contributed by atoms with van der Waals surface area (Å²) >= 11 is 0. The summed E-state index contributed by atoms with van der Waals surface area (Å²) in [4.78, 5) is 12.1. The quantitative estimate of drug-likeness (QED) is 0.854. The van der Waals surface area contributed by atoms with E-state index in [9.17, 15) is 27.5 Å². The zero-order chi connectivity index (χ0) is 15.8. The molecule has 0 unspecified atom stereocenters. The number of halogens is 4. The largest absolute Gasteiger partial charge is 0.573 e. The molecule has 1 N–H and O–H groups in total. The van der Waals surface area contributed by atoms with Crippen molar-refractivity contribution in [2.24, 2.45) is 0 Å². The lowest BCUT2D eigenvalue weighted by Crippen LogP contribution is -2.44. The van der Waals surface area contributed by atoms with Gasteiger partial charge >= 0.3 is 6.36 Å². The van der Waals surface area contributed by atoms with Crippen LogP contribution in [0.25, 0.3) is 0 Å². The van der Waals surface area contributed by atoms with E-state index in [0.29, 0.717) is 6.42 Å². The zero-order valence-electron chi connectivity index (χ0n) is 11.2. The molecule has 7 heteroatoms. The number of carbonyl (C=O) groups is 1. The molecule has 1 saturated carbocycles. The number of ether oxygens (including phenoxy) is 1. The molecule has 2 rings (SSSR count). The predicted molar refractivity (Wildman–Crippen MR) is 65.3 cm³/mol. The molecule has 0 aromatic heterocycles. The van der Waals surface area contributed by atoms with Gasteiger partial charge in [-0.3, -0.25) is 4.79 Å². The Labute approximate surface area is 118 Å². The van der Waals surface area contributed by atoms with Gasteiger partial charge in [-0.15, -0.1) is 13.2 Å².